The molecule has 0 saturated heterocycles. The molecule has 0 atom stereocenters. The minimum atomic E-state index is -1.82. The predicted molar refractivity (Wildman–Crippen MR) is 117 cm³/mol. The highest BCUT2D eigenvalue weighted by Gasteiger charge is 2.06. The van der Waals surface area contributed by atoms with Crippen molar-refractivity contribution in [2.24, 2.45) is 0 Å². The maximum Gasteiger partial charge on any atom is 0.414 e. The van der Waals surface area contributed by atoms with Gasteiger partial charge in [0.15, 0.2) is 11.5 Å². The van der Waals surface area contributed by atoms with Crippen LogP contribution in [0.2, 0.25) is 0 Å². The van der Waals surface area contributed by atoms with Crippen LogP contribution in [0.15, 0.2) is 54.9 Å². The van der Waals surface area contributed by atoms with Crippen molar-refractivity contribution in [3.8, 4) is 11.5 Å². The van der Waals surface area contributed by atoms with Gasteiger partial charge in [0.1, 0.15) is 0 Å². The molecule has 0 spiro atoms. The third kappa shape index (κ3) is 7.18. The lowest BCUT2D eigenvalue weighted by Crippen LogP contribution is -2.09. The van der Waals surface area contributed by atoms with E-state index in [0.717, 1.165) is 42.0 Å². The van der Waals surface area contributed by atoms with E-state index in [1.54, 1.807) is 7.11 Å². The smallest absolute Gasteiger partial charge is 0.414 e. The van der Waals surface area contributed by atoms with E-state index in [2.05, 4.69) is 15.6 Å². The van der Waals surface area contributed by atoms with Gasteiger partial charge in [-0.1, -0.05) is 30.4 Å². The lowest BCUT2D eigenvalue weighted by molar-refractivity contribution is -0.159. The lowest BCUT2D eigenvalue weighted by Gasteiger charge is -2.11. The summed E-state index contributed by atoms with van der Waals surface area (Å²) in [6.07, 6.45) is 7.98. The molecule has 0 aliphatic heterocycles. The first-order valence-electron chi connectivity index (χ1n) is 9.76. The first-order valence-corrected chi connectivity index (χ1v) is 9.76. The molecule has 1 aromatic heterocycles. The number of fused-ring (bicyclic) bond motifs is 1. The quantitative estimate of drug-likeness (QED) is 0.412. The second kappa shape index (κ2) is 12.0. The Bertz CT molecular complexity index is 1030. The SMILES string of the molecule is CC=Cc1ccc(OCCCCn2cnc3ccccc32)c(OC)c1.O=C(O)C(=O)O. The number of methoxy groups -OCH3 is 1. The fourth-order valence-corrected chi connectivity index (χ4v) is 2.85. The van der Waals surface area contributed by atoms with Crippen molar-refractivity contribution in [3.05, 3.63) is 60.4 Å². The Morgan fingerprint density at radius 2 is 1.81 bits per heavy atom. The number of allylic oxidation sites excluding steroid dienone is 1. The molecule has 31 heavy (non-hydrogen) atoms. The van der Waals surface area contributed by atoms with Crippen LogP contribution in [0, 0.1) is 0 Å². The average molecular weight is 426 g/mol. The number of carbonyl (C=O) groups is 2. The van der Waals surface area contributed by atoms with E-state index in [1.807, 2.05) is 61.8 Å². The normalized spacial score (nSPS) is 10.5. The second-order valence-corrected chi connectivity index (χ2v) is 6.50. The number of ether oxygens (including phenoxy) is 2. The Hall–Kier alpha value is -3.81. The van der Waals surface area contributed by atoms with E-state index in [0.29, 0.717) is 6.61 Å². The summed E-state index contributed by atoms with van der Waals surface area (Å²) in [7, 11) is 1.67. The number of aromatic nitrogens is 2. The standard InChI is InChI=1S/C21H24N2O2.C2H2O4/c1-3-8-17-11-12-20(21(15-17)24-2)25-14-7-6-13-23-16-22-18-9-4-5-10-19(18)23;3-1(4)2(5)6/h3-5,8-12,15-16H,6-7,13-14H2,1-2H3;(H,3,4)(H,5,6). The fourth-order valence-electron chi connectivity index (χ4n) is 2.85. The zero-order valence-corrected chi connectivity index (χ0v) is 17.5. The maximum absolute atomic E-state index is 9.10. The van der Waals surface area contributed by atoms with Crippen molar-refractivity contribution in [3.63, 3.8) is 0 Å². The largest absolute Gasteiger partial charge is 0.493 e. The first kappa shape index (κ1) is 23.5. The van der Waals surface area contributed by atoms with Gasteiger partial charge in [0.05, 0.1) is 31.1 Å². The van der Waals surface area contributed by atoms with Crippen molar-refractivity contribution in [1.29, 1.82) is 0 Å². The number of aryl methyl sites for hydroxylation is 1. The van der Waals surface area contributed by atoms with Crippen molar-refractivity contribution in [2.75, 3.05) is 13.7 Å². The number of rotatable bonds is 8. The summed E-state index contributed by atoms with van der Waals surface area (Å²) in [4.78, 5) is 22.6. The highest BCUT2D eigenvalue weighted by molar-refractivity contribution is 6.27. The highest BCUT2D eigenvalue weighted by atomic mass is 16.5. The van der Waals surface area contributed by atoms with Crippen LogP contribution in [0.5, 0.6) is 11.5 Å². The minimum absolute atomic E-state index is 0.673. The van der Waals surface area contributed by atoms with Gasteiger partial charge in [0, 0.05) is 6.54 Å². The van der Waals surface area contributed by atoms with Crippen LogP contribution in [-0.4, -0.2) is 45.4 Å². The number of hydrogen-bond donors (Lipinski definition) is 2. The summed E-state index contributed by atoms with van der Waals surface area (Å²) in [5.41, 5.74) is 3.34. The number of unbranched alkanes of at least 4 members (excludes halogenated alkanes) is 1. The Kier molecular flexibility index (Phi) is 9.10. The molecule has 1 heterocycles. The van der Waals surface area contributed by atoms with Gasteiger partial charge < -0.3 is 24.3 Å². The average Bonchev–Trinajstić information content (AvgIpc) is 3.18. The first-order chi connectivity index (χ1) is 15.0. The van der Waals surface area contributed by atoms with Gasteiger partial charge >= 0.3 is 11.9 Å². The molecular weight excluding hydrogens is 400 g/mol. The van der Waals surface area contributed by atoms with Gasteiger partial charge in [-0.2, -0.15) is 0 Å². The van der Waals surface area contributed by atoms with Crippen LogP contribution in [0.4, 0.5) is 0 Å². The van der Waals surface area contributed by atoms with Crippen LogP contribution in [-0.2, 0) is 16.1 Å². The Morgan fingerprint density at radius 3 is 2.48 bits per heavy atom. The molecule has 0 radical (unpaired) electrons. The number of para-hydroxylation sites is 2. The molecule has 0 saturated carbocycles. The fraction of sp³-hybridized carbons (Fsp3) is 0.261. The Labute approximate surface area is 180 Å². The molecule has 0 aliphatic carbocycles. The molecule has 0 aliphatic rings. The monoisotopic (exact) mass is 426 g/mol. The van der Waals surface area contributed by atoms with Crippen LogP contribution in [0.1, 0.15) is 25.3 Å². The maximum atomic E-state index is 9.10. The Morgan fingerprint density at radius 1 is 1.06 bits per heavy atom. The molecule has 2 aromatic carbocycles. The third-order valence-electron chi connectivity index (χ3n) is 4.31. The Balaban J connectivity index is 0.000000501. The van der Waals surface area contributed by atoms with E-state index in [9.17, 15) is 0 Å². The van der Waals surface area contributed by atoms with Crippen molar-refractivity contribution < 1.29 is 29.3 Å². The number of imidazole rings is 1. The zero-order chi connectivity index (χ0) is 22.6. The van der Waals surface area contributed by atoms with E-state index >= 15 is 0 Å². The number of aliphatic carboxylic acids is 2. The molecule has 164 valence electrons. The van der Waals surface area contributed by atoms with Gasteiger partial charge in [-0.25, -0.2) is 14.6 Å². The molecule has 0 bridgehead atoms. The summed E-state index contributed by atoms with van der Waals surface area (Å²) in [5, 5.41) is 14.8. The molecule has 0 unspecified atom stereocenters. The number of carboxylic acid groups (broad SMARTS) is 2. The predicted octanol–water partition coefficient (Wildman–Crippen LogP) is 4.09. The number of carboxylic acids is 2. The van der Waals surface area contributed by atoms with Crippen molar-refractivity contribution in [2.45, 2.75) is 26.3 Å². The summed E-state index contributed by atoms with van der Waals surface area (Å²) in [5.74, 6) is -2.08. The lowest BCUT2D eigenvalue weighted by atomic mass is 10.2. The topological polar surface area (TPSA) is 111 Å². The molecule has 8 nitrogen and oxygen atoms in total. The van der Waals surface area contributed by atoms with Gasteiger partial charge in [0.2, 0.25) is 0 Å². The zero-order valence-electron chi connectivity index (χ0n) is 17.5. The number of benzene rings is 2. The summed E-state index contributed by atoms with van der Waals surface area (Å²) >= 11 is 0. The van der Waals surface area contributed by atoms with E-state index in [4.69, 9.17) is 29.3 Å². The molecule has 2 N–H and O–H groups in total. The van der Waals surface area contributed by atoms with E-state index < -0.39 is 11.9 Å². The van der Waals surface area contributed by atoms with Crippen LogP contribution >= 0.6 is 0 Å². The molecule has 3 aromatic rings. The van der Waals surface area contributed by atoms with Crippen molar-refractivity contribution in [1.82, 2.24) is 9.55 Å². The van der Waals surface area contributed by atoms with Crippen LogP contribution in [0.3, 0.4) is 0 Å². The number of hydrogen-bond acceptors (Lipinski definition) is 5. The summed E-state index contributed by atoms with van der Waals surface area (Å²) in [6, 6.07) is 14.2. The molecule has 3 rings (SSSR count). The molecular formula is C23H26N2O6. The van der Waals surface area contributed by atoms with Crippen molar-refractivity contribution >= 4 is 29.0 Å². The summed E-state index contributed by atoms with van der Waals surface area (Å²) in [6.45, 7) is 3.62. The van der Waals surface area contributed by atoms with Gasteiger partial charge in [-0.05, 0) is 49.6 Å². The van der Waals surface area contributed by atoms with Gasteiger partial charge in [-0.15, -0.1) is 0 Å². The molecule has 0 fully saturated rings. The van der Waals surface area contributed by atoms with Crippen LogP contribution < -0.4 is 9.47 Å². The van der Waals surface area contributed by atoms with Gasteiger partial charge in [-0.3, -0.25) is 0 Å². The molecule has 8 heteroatoms. The van der Waals surface area contributed by atoms with E-state index in [-0.39, 0.29) is 0 Å². The summed E-state index contributed by atoms with van der Waals surface area (Å²) < 4.78 is 13.5. The second-order valence-electron chi connectivity index (χ2n) is 6.50. The van der Waals surface area contributed by atoms with Gasteiger partial charge in [0.25, 0.3) is 0 Å². The molecule has 0 amide bonds. The van der Waals surface area contributed by atoms with Crippen LogP contribution in [0.25, 0.3) is 17.1 Å². The van der Waals surface area contributed by atoms with E-state index in [1.165, 1.54) is 5.52 Å². The third-order valence-corrected chi connectivity index (χ3v) is 4.31. The minimum Gasteiger partial charge on any atom is -0.493 e. The highest BCUT2D eigenvalue weighted by Crippen LogP contribution is 2.28. The number of nitrogens with zero attached hydrogens (tertiary/aromatic N) is 2.